The van der Waals surface area contributed by atoms with Crippen LogP contribution in [0.5, 0.6) is 0 Å². The number of rotatable bonds is 9. The SMILES string of the molecule is O=C(CCNC(=O)Cc1ccccc1)NC[C@H](c1ccccc1Cl)c1c[nH]c2ccccc12. The number of carbonyl (C=O) groups excluding carboxylic acids is 2. The van der Waals surface area contributed by atoms with Gasteiger partial charge >= 0.3 is 0 Å². The molecule has 0 bridgehead atoms. The summed E-state index contributed by atoms with van der Waals surface area (Å²) in [6.45, 7) is 0.698. The van der Waals surface area contributed by atoms with E-state index in [4.69, 9.17) is 11.6 Å². The highest BCUT2D eigenvalue weighted by Crippen LogP contribution is 2.34. The van der Waals surface area contributed by atoms with Crippen molar-refractivity contribution in [3.63, 3.8) is 0 Å². The van der Waals surface area contributed by atoms with Crippen molar-refractivity contribution in [1.82, 2.24) is 15.6 Å². The van der Waals surface area contributed by atoms with Crippen molar-refractivity contribution in [1.29, 1.82) is 0 Å². The van der Waals surface area contributed by atoms with Gasteiger partial charge in [0.2, 0.25) is 11.8 Å². The molecule has 1 atom stereocenters. The van der Waals surface area contributed by atoms with E-state index in [2.05, 4.69) is 21.7 Å². The first kappa shape index (κ1) is 22.6. The minimum atomic E-state index is -0.119. The molecule has 0 saturated heterocycles. The molecule has 33 heavy (non-hydrogen) atoms. The van der Waals surface area contributed by atoms with Crippen LogP contribution >= 0.6 is 11.6 Å². The fraction of sp³-hybridized carbons (Fsp3) is 0.185. The number of fused-ring (bicyclic) bond motifs is 1. The van der Waals surface area contributed by atoms with Crippen LogP contribution in [0.3, 0.4) is 0 Å². The number of amides is 2. The van der Waals surface area contributed by atoms with E-state index in [0.717, 1.165) is 27.6 Å². The van der Waals surface area contributed by atoms with Crippen LogP contribution in [0.4, 0.5) is 0 Å². The Balaban J connectivity index is 1.37. The average molecular weight is 460 g/mol. The number of carbonyl (C=O) groups is 2. The summed E-state index contributed by atoms with van der Waals surface area (Å²) in [5.41, 5.74) is 4.02. The van der Waals surface area contributed by atoms with Gasteiger partial charge in [-0.2, -0.15) is 0 Å². The van der Waals surface area contributed by atoms with E-state index >= 15 is 0 Å². The van der Waals surface area contributed by atoms with Crippen LogP contribution in [0, 0.1) is 0 Å². The van der Waals surface area contributed by atoms with Crippen molar-refractivity contribution in [2.24, 2.45) is 0 Å². The smallest absolute Gasteiger partial charge is 0.224 e. The molecule has 168 valence electrons. The highest BCUT2D eigenvalue weighted by atomic mass is 35.5. The molecule has 4 rings (SSSR count). The van der Waals surface area contributed by atoms with Gasteiger partial charge in [0, 0.05) is 47.6 Å². The minimum absolute atomic E-state index is 0.0956. The summed E-state index contributed by atoms with van der Waals surface area (Å²) in [6, 6.07) is 25.3. The Morgan fingerprint density at radius 3 is 2.36 bits per heavy atom. The zero-order valence-electron chi connectivity index (χ0n) is 18.2. The van der Waals surface area contributed by atoms with Crippen LogP contribution in [0.2, 0.25) is 5.02 Å². The van der Waals surface area contributed by atoms with Gasteiger partial charge in [0.25, 0.3) is 0 Å². The number of aromatic nitrogens is 1. The molecule has 1 aromatic heterocycles. The Morgan fingerprint density at radius 2 is 1.55 bits per heavy atom. The Labute approximate surface area is 198 Å². The monoisotopic (exact) mass is 459 g/mol. The first-order valence-electron chi connectivity index (χ1n) is 11.0. The van der Waals surface area contributed by atoms with Crippen molar-refractivity contribution < 1.29 is 9.59 Å². The van der Waals surface area contributed by atoms with Crippen LogP contribution in [0.15, 0.2) is 85.1 Å². The van der Waals surface area contributed by atoms with Crippen LogP contribution in [0.1, 0.15) is 29.0 Å². The van der Waals surface area contributed by atoms with E-state index in [-0.39, 0.29) is 24.2 Å². The van der Waals surface area contributed by atoms with E-state index in [0.29, 0.717) is 24.5 Å². The highest BCUT2D eigenvalue weighted by molar-refractivity contribution is 6.31. The maximum absolute atomic E-state index is 12.5. The van der Waals surface area contributed by atoms with Gasteiger partial charge in [-0.3, -0.25) is 9.59 Å². The highest BCUT2D eigenvalue weighted by Gasteiger charge is 2.21. The third kappa shape index (κ3) is 5.82. The molecule has 0 radical (unpaired) electrons. The van der Waals surface area contributed by atoms with Crippen LogP contribution in [-0.4, -0.2) is 29.9 Å². The molecule has 0 saturated carbocycles. The normalized spacial score (nSPS) is 11.8. The van der Waals surface area contributed by atoms with E-state index < -0.39 is 0 Å². The first-order chi connectivity index (χ1) is 16.1. The summed E-state index contributed by atoms with van der Waals surface area (Å²) in [4.78, 5) is 27.9. The van der Waals surface area contributed by atoms with Crippen molar-refractivity contribution >= 4 is 34.3 Å². The molecular formula is C27H26ClN3O2. The molecule has 0 aliphatic carbocycles. The number of aromatic amines is 1. The van der Waals surface area contributed by atoms with Crippen molar-refractivity contribution in [3.8, 4) is 0 Å². The molecule has 0 aliphatic heterocycles. The predicted molar refractivity (Wildman–Crippen MR) is 132 cm³/mol. The zero-order chi connectivity index (χ0) is 23.0. The Hall–Kier alpha value is -3.57. The zero-order valence-corrected chi connectivity index (χ0v) is 18.9. The number of hydrogen-bond donors (Lipinski definition) is 3. The Morgan fingerprint density at radius 1 is 0.818 bits per heavy atom. The van der Waals surface area contributed by atoms with Crippen LogP contribution < -0.4 is 10.6 Å². The molecule has 0 fully saturated rings. The fourth-order valence-electron chi connectivity index (χ4n) is 3.99. The lowest BCUT2D eigenvalue weighted by molar-refractivity contribution is -0.122. The predicted octanol–water partition coefficient (Wildman–Crippen LogP) is 4.82. The number of halogens is 1. The molecular weight excluding hydrogens is 434 g/mol. The van der Waals surface area contributed by atoms with E-state index in [1.807, 2.05) is 79.0 Å². The van der Waals surface area contributed by atoms with Gasteiger partial charge < -0.3 is 15.6 Å². The summed E-state index contributed by atoms with van der Waals surface area (Å²) in [5, 5.41) is 7.60. The lowest BCUT2D eigenvalue weighted by Crippen LogP contribution is -2.33. The third-order valence-corrected chi connectivity index (χ3v) is 6.01. The topological polar surface area (TPSA) is 74.0 Å². The molecule has 6 heteroatoms. The van der Waals surface area contributed by atoms with Crippen molar-refractivity contribution in [2.45, 2.75) is 18.8 Å². The summed E-state index contributed by atoms with van der Waals surface area (Å²) in [6.07, 6.45) is 2.50. The van der Waals surface area contributed by atoms with Crippen molar-refractivity contribution in [2.75, 3.05) is 13.1 Å². The van der Waals surface area contributed by atoms with Gasteiger partial charge in [0.1, 0.15) is 0 Å². The Bertz CT molecular complexity index is 1240. The van der Waals surface area contributed by atoms with Crippen LogP contribution in [0.25, 0.3) is 10.9 Å². The number of H-pyrrole nitrogens is 1. The van der Waals surface area contributed by atoms with E-state index in [9.17, 15) is 9.59 Å². The first-order valence-corrected chi connectivity index (χ1v) is 11.4. The number of nitrogens with one attached hydrogen (secondary N) is 3. The van der Waals surface area contributed by atoms with Gasteiger partial charge in [-0.25, -0.2) is 0 Å². The largest absolute Gasteiger partial charge is 0.361 e. The number of hydrogen-bond acceptors (Lipinski definition) is 2. The molecule has 5 nitrogen and oxygen atoms in total. The van der Waals surface area contributed by atoms with Crippen LogP contribution in [-0.2, 0) is 16.0 Å². The second-order valence-electron chi connectivity index (χ2n) is 7.93. The second-order valence-corrected chi connectivity index (χ2v) is 8.34. The lowest BCUT2D eigenvalue weighted by Gasteiger charge is -2.19. The standard InChI is InChI=1S/C27H26ClN3O2/c28-24-12-6-4-10-20(24)22(23-17-30-25-13-7-5-11-21(23)25)18-31-26(32)14-15-29-27(33)16-19-8-2-1-3-9-19/h1-13,17,22,30H,14-16,18H2,(H,29,33)(H,31,32)/t22-/m1/s1. The molecule has 3 N–H and O–H groups in total. The summed E-state index contributed by atoms with van der Waals surface area (Å²) < 4.78 is 0. The van der Waals surface area contributed by atoms with Gasteiger partial charge in [-0.15, -0.1) is 0 Å². The quantitative estimate of drug-likeness (QED) is 0.336. The molecule has 2 amide bonds. The molecule has 0 aliphatic rings. The fourth-order valence-corrected chi connectivity index (χ4v) is 4.26. The van der Waals surface area contributed by atoms with Gasteiger partial charge in [-0.1, -0.05) is 78.3 Å². The van der Waals surface area contributed by atoms with E-state index in [1.54, 1.807) is 0 Å². The Kier molecular flexibility index (Phi) is 7.43. The van der Waals surface area contributed by atoms with Gasteiger partial charge in [0.15, 0.2) is 0 Å². The second kappa shape index (κ2) is 10.8. The lowest BCUT2D eigenvalue weighted by atomic mass is 9.90. The molecule has 4 aromatic rings. The molecule has 0 unspecified atom stereocenters. The van der Waals surface area contributed by atoms with Gasteiger partial charge in [-0.05, 0) is 28.8 Å². The molecule has 0 spiro atoms. The minimum Gasteiger partial charge on any atom is -0.361 e. The number of benzene rings is 3. The van der Waals surface area contributed by atoms with Crippen molar-refractivity contribution in [3.05, 3.63) is 107 Å². The average Bonchev–Trinajstić information content (AvgIpc) is 3.25. The summed E-state index contributed by atoms with van der Waals surface area (Å²) >= 11 is 6.52. The maximum Gasteiger partial charge on any atom is 0.224 e. The summed E-state index contributed by atoms with van der Waals surface area (Å²) in [5.74, 6) is -0.319. The summed E-state index contributed by atoms with van der Waals surface area (Å²) in [7, 11) is 0. The number of para-hydroxylation sites is 1. The maximum atomic E-state index is 12.5. The van der Waals surface area contributed by atoms with Gasteiger partial charge in [0.05, 0.1) is 6.42 Å². The molecule has 1 heterocycles. The molecule has 3 aromatic carbocycles. The van der Waals surface area contributed by atoms with E-state index in [1.165, 1.54) is 0 Å². The third-order valence-electron chi connectivity index (χ3n) is 5.66.